The number of nitrogens with zero attached hydrogens (tertiary/aromatic N) is 2. The molecule has 8 heteroatoms. The molecule has 3 atom stereocenters. The van der Waals surface area contributed by atoms with Crippen LogP contribution in [0.3, 0.4) is 0 Å². The molecule has 1 unspecified atom stereocenters. The van der Waals surface area contributed by atoms with Gasteiger partial charge in [-0.25, -0.2) is 8.78 Å². The van der Waals surface area contributed by atoms with E-state index >= 15 is 0 Å². The number of aliphatic hydroxyl groups excluding tert-OH is 1. The summed E-state index contributed by atoms with van der Waals surface area (Å²) in [6.07, 6.45) is 2.81. The monoisotopic (exact) mass is 508 g/mol. The van der Waals surface area contributed by atoms with Crippen LogP contribution in [0.15, 0.2) is 48.7 Å². The zero-order valence-electron chi connectivity index (χ0n) is 20.9. The van der Waals surface area contributed by atoms with Crippen molar-refractivity contribution in [1.82, 2.24) is 9.88 Å². The number of ether oxygens (including phenoxy) is 2. The standard InChI is InChI=1S/C29H30F2N2O4/c1-36-22-7-9-27-24(17-22)23(11-13-32-27)28(34)10-5-19-12-15-33(18-25(19)29(35)37-2)14-3-4-20-16-21(30)6-8-26(20)31/h6-9,11,13,16-17,19,25,28,34H,5,10,12,14-15,18H2,1-2H3/t19-,25+,28?/m1/s1. The second kappa shape index (κ2) is 12.1. The summed E-state index contributed by atoms with van der Waals surface area (Å²) in [4.78, 5) is 19.0. The molecule has 1 aromatic heterocycles. The first-order chi connectivity index (χ1) is 17.9. The van der Waals surface area contributed by atoms with E-state index in [0.29, 0.717) is 38.2 Å². The maximum atomic E-state index is 13.8. The molecule has 4 rings (SSSR count). The summed E-state index contributed by atoms with van der Waals surface area (Å²) in [5, 5.41) is 11.9. The Morgan fingerprint density at radius 2 is 2.05 bits per heavy atom. The Morgan fingerprint density at radius 3 is 2.84 bits per heavy atom. The number of benzene rings is 2. The number of carbonyl (C=O) groups excluding carboxylic acids is 1. The van der Waals surface area contributed by atoms with Gasteiger partial charge in [0, 0.05) is 18.1 Å². The van der Waals surface area contributed by atoms with E-state index in [2.05, 4.69) is 16.8 Å². The third-order valence-electron chi connectivity index (χ3n) is 6.95. The summed E-state index contributed by atoms with van der Waals surface area (Å²) in [6, 6.07) is 10.5. The van der Waals surface area contributed by atoms with Crippen LogP contribution in [0.1, 0.15) is 36.5 Å². The molecule has 2 heterocycles. The van der Waals surface area contributed by atoms with Gasteiger partial charge in [-0.2, -0.15) is 0 Å². The Balaban J connectivity index is 1.41. The van der Waals surface area contributed by atoms with Crippen molar-refractivity contribution in [2.75, 3.05) is 33.9 Å². The molecule has 0 aliphatic carbocycles. The first kappa shape index (κ1) is 26.5. The number of hydrogen-bond acceptors (Lipinski definition) is 6. The van der Waals surface area contributed by atoms with Crippen molar-refractivity contribution in [2.24, 2.45) is 11.8 Å². The van der Waals surface area contributed by atoms with Crippen LogP contribution in [0, 0.1) is 35.3 Å². The van der Waals surface area contributed by atoms with Gasteiger partial charge in [-0.15, -0.1) is 0 Å². The van der Waals surface area contributed by atoms with Gasteiger partial charge in [-0.05, 0) is 79.8 Å². The zero-order valence-corrected chi connectivity index (χ0v) is 20.9. The van der Waals surface area contributed by atoms with E-state index in [1.54, 1.807) is 13.3 Å². The normalized spacial score (nSPS) is 18.6. The minimum atomic E-state index is -0.721. The average molecular weight is 509 g/mol. The van der Waals surface area contributed by atoms with Gasteiger partial charge in [0.1, 0.15) is 17.4 Å². The SMILES string of the molecule is COC(=O)[C@H]1CN(CC#Cc2cc(F)ccc2F)CC[C@H]1CCC(O)c1ccnc2ccc(OC)cc12. The Kier molecular flexibility index (Phi) is 8.70. The summed E-state index contributed by atoms with van der Waals surface area (Å²) < 4.78 is 37.6. The summed E-state index contributed by atoms with van der Waals surface area (Å²) >= 11 is 0. The first-order valence-corrected chi connectivity index (χ1v) is 12.2. The number of esters is 1. The fourth-order valence-electron chi connectivity index (χ4n) is 4.91. The molecule has 0 amide bonds. The summed E-state index contributed by atoms with van der Waals surface area (Å²) in [7, 11) is 2.97. The summed E-state index contributed by atoms with van der Waals surface area (Å²) in [6.45, 7) is 1.47. The van der Waals surface area contributed by atoms with Crippen molar-refractivity contribution in [1.29, 1.82) is 0 Å². The van der Waals surface area contributed by atoms with Gasteiger partial charge < -0.3 is 14.6 Å². The largest absolute Gasteiger partial charge is 0.497 e. The highest BCUT2D eigenvalue weighted by atomic mass is 19.1. The molecule has 0 saturated carbocycles. The average Bonchev–Trinajstić information content (AvgIpc) is 2.92. The van der Waals surface area contributed by atoms with Gasteiger partial charge in [0.25, 0.3) is 0 Å². The molecule has 0 spiro atoms. The van der Waals surface area contributed by atoms with Crippen LogP contribution in [0.4, 0.5) is 8.78 Å². The van der Waals surface area contributed by atoms with Crippen LogP contribution < -0.4 is 4.74 Å². The van der Waals surface area contributed by atoms with Gasteiger partial charge >= 0.3 is 5.97 Å². The molecule has 6 nitrogen and oxygen atoms in total. The van der Waals surface area contributed by atoms with Crippen molar-refractivity contribution >= 4 is 16.9 Å². The Morgan fingerprint density at radius 1 is 1.22 bits per heavy atom. The lowest BCUT2D eigenvalue weighted by Crippen LogP contribution is -2.44. The van der Waals surface area contributed by atoms with Gasteiger partial charge in [0.2, 0.25) is 0 Å². The van der Waals surface area contributed by atoms with Gasteiger partial charge in [-0.1, -0.05) is 11.8 Å². The Hall–Kier alpha value is -3.54. The molecule has 2 aromatic carbocycles. The van der Waals surface area contributed by atoms with E-state index < -0.39 is 17.7 Å². The molecule has 3 aromatic rings. The highest BCUT2D eigenvalue weighted by molar-refractivity contribution is 5.83. The molecular formula is C29H30F2N2O4. The predicted molar refractivity (Wildman–Crippen MR) is 136 cm³/mol. The van der Waals surface area contributed by atoms with Crippen LogP contribution in [-0.2, 0) is 9.53 Å². The lowest BCUT2D eigenvalue weighted by molar-refractivity contribution is -0.150. The number of piperidine rings is 1. The van der Waals surface area contributed by atoms with Crippen molar-refractivity contribution in [3.05, 3.63) is 71.4 Å². The lowest BCUT2D eigenvalue weighted by Gasteiger charge is -2.36. The van der Waals surface area contributed by atoms with Crippen LogP contribution in [-0.4, -0.2) is 54.8 Å². The molecular weight excluding hydrogens is 478 g/mol. The second-order valence-corrected chi connectivity index (χ2v) is 9.22. The lowest BCUT2D eigenvalue weighted by atomic mass is 9.81. The van der Waals surface area contributed by atoms with Crippen molar-refractivity contribution in [3.63, 3.8) is 0 Å². The van der Waals surface area contributed by atoms with Crippen molar-refractivity contribution < 1.29 is 28.2 Å². The molecule has 194 valence electrons. The number of carbonyl (C=O) groups is 1. The molecule has 1 saturated heterocycles. The van der Waals surface area contributed by atoms with E-state index in [1.165, 1.54) is 7.11 Å². The van der Waals surface area contributed by atoms with Crippen LogP contribution in [0.2, 0.25) is 0 Å². The second-order valence-electron chi connectivity index (χ2n) is 9.22. The van der Waals surface area contributed by atoms with Gasteiger partial charge in [-0.3, -0.25) is 14.7 Å². The fourth-order valence-corrected chi connectivity index (χ4v) is 4.91. The number of methoxy groups -OCH3 is 2. The Bertz CT molecular complexity index is 1320. The van der Waals surface area contributed by atoms with Gasteiger partial charge in [0.15, 0.2) is 0 Å². The van der Waals surface area contributed by atoms with Crippen molar-refractivity contribution in [3.8, 4) is 17.6 Å². The van der Waals surface area contributed by atoms with Crippen LogP contribution in [0.5, 0.6) is 5.75 Å². The molecule has 1 N–H and O–H groups in total. The number of rotatable bonds is 7. The smallest absolute Gasteiger partial charge is 0.310 e. The molecule has 0 bridgehead atoms. The molecule has 1 fully saturated rings. The quantitative estimate of drug-likeness (QED) is 0.374. The van der Waals surface area contributed by atoms with E-state index in [0.717, 1.165) is 41.1 Å². The topological polar surface area (TPSA) is 71.9 Å². The fraction of sp³-hybridized carbons (Fsp3) is 0.379. The van der Waals surface area contributed by atoms with Crippen LogP contribution in [0.25, 0.3) is 10.9 Å². The van der Waals surface area contributed by atoms with E-state index in [9.17, 15) is 18.7 Å². The number of halogens is 2. The number of fused-ring (bicyclic) bond motifs is 1. The van der Waals surface area contributed by atoms with E-state index in [4.69, 9.17) is 9.47 Å². The summed E-state index contributed by atoms with van der Waals surface area (Å²) in [5.41, 5.74) is 1.56. The number of aliphatic hydroxyl groups is 1. The highest BCUT2D eigenvalue weighted by Gasteiger charge is 2.35. The molecule has 1 aliphatic heterocycles. The molecule has 37 heavy (non-hydrogen) atoms. The van der Waals surface area contributed by atoms with Crippen molar-refractivity contribution in [2.45, 2.75) is 25.4 Å². The predicted octanol–water partition coefficient (Wildman–Crippen LogP) is 4.50. The van der Waals surface area contributed by atoms with E-state index in [-0.39, 0.29) is 23.4 Å². The third kappa shape index (κ3) is 6.43. The zero-order chi connectivity index (χ0) is 26.4. The number of likely N-dealkylation sites (tertiary alicyclic amines) is 1. The minimum absolute atomic E-state index is 0.00893. The number of pyridine rings is 1. The third-order valence-corrected chi connectivity index (χ3v) is 6.95. The maximum absolute atomic E-state index is 13.8. The van der Waals surface area contributed by atoms with Crippen LogP contribution >= 0.6 is 0 Å². The van der Waals surface area contributed by atoms with E-state index in [1.807, 2.05) is 29.2 Å². The molecule has 1 aliphatic rings. The number of aromatic nitrogens is 1. The van der Waals surface area contributed by atoms with Gasteiger partial charge in [0.05, 0.1) is 43.9 Å². The number of hydrogen-bond donors (Lipinski definition) is 1. The highest BCUT2D eigenvalue weighted by Crippen LogP contribution is 2.34. The molecule has 0 radical (unpaired) electrons. The minimum Gasteiger partial charge on any atom is -0.497 e. The first-order valence-electron chi connectivity index (χ1n) is 12.2. The summed E-state index contributed by atoms with van der Waals surface area (Å²) in [5.74, 6) is 4.52. The Labute approximate surface area is 215 Å². The maximum Gasteiger partial charge on any atom is 0.310 e.